The van der Waals surface area contributed by atoms with E-state index in [4.69, 9.17) is 0 Å². The second-order valence-electron chi connectivity index (χ2n) is 5.45. The van der Waals surface area contributed by atoms with E-state index in [-0.39, 0.29) is 5.91 Å². The SMILES string of the molecule is CC(=O)N(C)C1CCN(c2nnc(-c3ccccn3)s2)CC1. The molecule has 2 aromatic heterocycles. The summed E-state index contributed by atoms with van der Waals surface area (Å²) in [5.74, 6) is 0.131. The lowest BCUT2D eigenvalue weighted by atomic mass is 10.0. The van der Waals surface area contributed by atoms with Crippen LogP contribution < -0.4 is 4.90 Å². The van der Waals surface area contributed by atoms with Crippen molar-refractivity contribution < 1.29 is 4.79 Å². The zero-order valence-corrected chi connectivity index (χ0v) is 13.6. The van der Waals surface area contributed by atoms with Crippen LogP contribution in [-0.2, 0) is 4.79 Å². The van der Waals surface area contributed by atoms with Crippen molar-refractivity contribution in [3.63, 3.8) is 0 Å². The zero-order valence-electron chi connectivity index (χ0n) is 12.8. The molecular weight excluding hydrogens is 298 g/mol. The van der Waals surface area contributed by atoms with Gasteiger partial charge in [-0.15, -0.1) is 10.2 Å². The lowest BCUT2D eigenvalue weighted by Crippen LogP contribution is -2.45. The molecule has 3 heterocycles. The number of aromatic nitrogens is 3. The second-order valence-corrected chi connectivity index (χ2v) is 6.41. The summed E-state index contributed by atoms with van der Waals surface area (Å²) in [6, 6.07) is 6.11. The summed E-state index contributed by atoms with van der Waals surface area (Å²) >= 11 is 1.57. The molecule has 0 N–H and O–H groups in total. The fourth-order valence-corrected chi connectivity index (χ4v) is 3.51. The molecule has 1 aliphatic rings. The van der Waals surface area contributed by atoms with E-state index in [1.54, 1.807) is 24.5 Å². The van der Waals surface area contributed by atoms with Gasteiger partial charge in [0.15, 0.2) is 5.01 Å². The van der Waals surface area contributed by atoms with Gasteiger partial charge in [-0.1, -0.05) is 17.4 Å². The Bertz CT molecular complexity index is 636. The molecule has 0 atom stereocenters. The van der Waals surface area contributed by atoms with Gasteiger partial charge in [-0.3, -0.25) is 9.78 Å². The van der Waals surface area contributed by atoms with Gasteiger partial charge in [-0.2, -0.15) is 0 Å². The molecule has 0 saturated carbocycles. The Morgan fingerprint density at radius 2 is 2.09 bits per heavy atom. The van der Waals surface area contributed by atoms with Gasteiger partial charge in [0.05, 0.1) is 0 Å². The van der Waals surface area contributed by atoms with E-state index in [0.29, 0.717) is 6.04 Å². The number of hydrogen-bond donors (Lipinski definition) is 0. The number of piperidine rings is 1. The van der Waals surface area contributed by atoms with Crippen molar-refractivity contribution >= 4 is 22.4 Å². The first kappa shape index (κ1) is 14.9. The lowest BCUT2D eigenvalue weighted by molar-refractivity contribution is -0.129. The Labute approximate surface area is 133 Å². The molecule has 3 rings (SSSR count). The molecule has 0 unspecified atom stereocenters. The number of pyridine rings is 1. The Hall–Kier alpha value is -2.02. The Kier molecular flexibility index (Phi) is 4.33. The highest BCUT2D eigenvalue weighted by atomic mass is 32.1. The van der Waals surface area contributed by atoms with Crippen molar-refractivity contribution in [2.24, 2.45) is 0 Å². The molecule has 1 aliphatic heterocycles. The van der Waals surface area contributed by atoms with E-state index in [0.717, 1.165) is 41.8 Å². The van der Waals surface area contributed by atoms with Crippen LogP contribution in [0.2, 0.25) is 0 Å². The molecule has 1 fully saturated rings. The minimum absolute atomic E-state index is 0.131. The van der Waals surface area contributed by atoms with E-state index in [9.17, 15) is 4.79 Å². The average Bonchev–Trinajstić information content (AvgIpc) is 3.05. The summed E-state index contributed by atoms with van der Waals surface area (Å²) in [6.45, 7) is 3.43. The van der Waals surface area contributed by atoms with E-state index >= 15 is 0 Å². The molecule has 7 heteroatoms. The van der Waals surface area contributed by atoms with Gasteiger partial charge in [0.2, 0.25) is 11.0 Å². The third-order valence-corrected chi connectivity index (χ3v) is 5.08. The maximum Gasteiger partial charge on any atom is 0.219 e. The molecule has 0 spiro atoms. The van der Waals surface area contributed by atoms with Crippen molar-refractivity contribution in [3.05, 3.63) is 24.4 Å². The fraction of sp³-hybridized carbons (Fsp3) is 0.467. The first-order valence-electron chi connectivity index (χ1n) is 7.38. The number of carbonyl (C=O) groups excluding carboxylic acids is 1. The minimum Gasteiger partial charge on any atom is -0.346 e. The maximum absolute atomic E-state index is 11.4. The first-order valence-corrected chi connectivity index (χ1v) is 8.20. The van der Waals surface area contributed by atoms with Gasteiger partial charge in [-0.25, -0.2) is 0 Å². The zero-order chi connectivity index (χ0) is 15.5. The van der Waals surface area contributed by atoms with Crippen molar-refractivity contribution in [1.82, 2.24) is 20.1 Å². The summed E-state index contributed by atoms with van der Waals surface area (Å²) in [6.07, 6.45) is 3.70. The molecule has 1 amide bonds. The number of amides is 1. The number of carbonyl (C=O) groups is 1. The highest BCUT2D eigenvalue weighted by molar-refractivity contribution is 7.18. The second kappa shape index (κ2) is 6.39. The normalized spacial score (nSPS) is 15.8. The van der Waals surface area contributed by atoms with Crippen LogP contribution in [0, 0.1) is 0 Å². The smallest absolute Gasteiger partial charge is 0.219 e. The molecule has 0 radical (unpaired) electrons. The Morgan fingerprint density at radius 3 is 2.73 bits per heavy atom. The van der Waals surface area contributed by atoms with E-state index < -0.39 is 0 Å². The van der Waals surface area contributed by atoms with Crippen LogP contribution >= 0.6 is 11.3 Å². The van der Waals surface area contributed by atoms with Crippen molar-refractivity contribution in [3.8, 4) is 10.7 Å². The number of rotatable bonds is 3. The maximum atomic E-state index is 11.4. The first-order chi connectivity index (χ1) is 10.6. The summed E-state index contributed by atoms with van der Waals surface area (Å²) in [7, 11) is 1.88. The number of hydrogen-bond acceptors (Lipinski definition) is 6. The average molecular weight is 317 g/mol. The molecule has 22 heavy (non-hydrogen) atoms. The van der Waals surface area contributed by atoms with Gasteiger partial charge in [0.1, 0.15) is 5.69 Å². The molecule has 0 bridgehead atoms. The highest BCUT2D eigenvalue weighted by Crippen LogP contribution is 2.29. The van der Waals surface area contributed by atoms with Crippen LogP contribution in [0.1, 0.15) is 19.8 Å². The molecule has 1 saturated heterocycles. The van der Waals surface area contributed by atoms with Crippen molar-refractivity contribution in [1.29, 1.82) is 0 Å². The predicted octanol–water partition coefficient (Wildman–Crippen LogP) is 2.05. The Balaban J connectivity index is 1.65. The number of anilines is 1. The lowest BCUT2D eigenvalue weighted by Gasteiger charge is -2.36. The van der Waals surface area contributed by atoms with Crippen LogP contribution in [0.25, 0.3) is 10.7 Å². The van der Waals surface area contributed by atoms with Crippen LogP contribution in [0.15, 0.2) is 24.4 Å². The van der Waals surface area contributed by atoms with Gasteiger partial charge < -0.3 is 9.80 Å². The molecule has 2 aromatic rings. The summed E-state index contributed by atoms with van der Waals surface area (Å²) in [5, 5.41) is 10.3. The van der Waals surface area contributed by atoms with Gasteiger partial charge >= 0.3 is 0 Å². The van der Waals surface area contributed by atoms with Gasteiger partial charge in [-0.05, 0) is 25.0 Å². The Morgan fingerprint density at radius 1 is 1.32 bits per heavy atom. The van der Waals surface area contributed by atoms with Crippen molar-refractivity contribution in [2.75, 3.05) is 25.0 Å². The van der Waals surface area contributed by atoms with Crippen molar-refractivity contribution in [2.45, 2.75) is 25.8 Å². The standard InChI is InChI=1S/C15H19N5OS/c1-11(21)19(2)12-6-9-20(10-7-12)15-18-17-14(22-15)13-5-3-4-8-16-13/h3-5,8,12H,6-7,9-10H2,1-2H3. The van der Waals surface area contributed by atoms with Gasteiger partial charge in [0, 0.05) is 39.3 Å². The highest BCUT2D eigenvalue weighted by Gasteiger charge is 2.25. The third-order valence-electron chi connectivity index (χ3n) is 4.08. The number of nitrogens with zero attached hydrogens (tertiary/aromatic N) is 5. The molecular formula is C15H19N5OS. The van der Waals surface area contributed by atoms with E-state index in [2.05, 4.69) is 20.1 Å². The van der Waals surface area contributed by atoms with E-state index in [1.807, 2.05) is 30.1 Å². The van der Waals surface area contributed by atoms with Crippen LogP contribution in [0.5, 0.6) is 0 Å². The van der Waals surface area contributed by atoms with Gasteiger partial charge in [0.25, 0.3) is 0 Å². The third kappa shape index (κ3) is 3.09. The van der Waals surface area contributed by atoms with Crippen LogP contribution in [-0.4, -0.2) is 52.2 Å². The van der Waals surface area contributed by atoms with Crippen LogP contribution in [0.3, 0.4) is 0 Å². The summed E-state index contributed by atoms with van der Waals surface area (Å²) < 4.78 is 0. The molecule has 6 nitrogen and oxygen atoms in total. The summed E-state index contributed by atoms with van der Waals surface area (Å²) in [5.41, 5.74) is 0.859. The van der Waals surface area contributed by atoms with Crippen LogP contribution in [0.4, 0.5) is 5.13 Å². The predicted molar refractivity (Wildman–Crippen MR) is 86.8 cm³/mol. The topological polar surface area (TPSA) is 62.2 Å². The molecule has 116 valence electrons. The quantitative estimate of drug-likeness (QED) is 0.867. The van der Waals surface area contributed by atoms with E-state index in [1.165, 1.54) is 0 Å². The summed E-state index contributed by atoms with van der Waals surface area (Å²) in [4.78, 5) is 19.8. The molecule has 0 aliphatic carbocycles. The monoisotopic (exact) mass is 317 g/mol. The largest absolute Gasteiger partial charge is 0.346 e. The molecule has 0 aromatic carbocycles. The fourth-order valence-electron chi connectivity index (χ4n) is 2.64. The minimum atomic E-state index is 0.131.